The van der Waals surface area contributed by atoms with Crippen LogP contribution in [0.15, 0.2) is 48.5 Å². The Morgan fingerprint density at radius 3 is 2.27 bits per heavy atom. The minimum absolute atomic E-state index is 0.178. The van der Waals surface area contributed by atoms with E-state index in [-0.39, 0.29) is 18.2 Å². The molecule has 1 aliphatic rings. The van der Waals surface area contributed by atoms with Crippen molar-refractivity contribution in [2.45, 2.75) is 6.23 Å². The molecule has 1 aliphatic heterocycles. The van der Waals surface area contributed by atoms with Crippen molar-refractivity contribution >= 4 is 17.3 Å². The number of hydrogen-bond acceptors (Lipinski definition) is 8. The van der Waals surface area contributed by atoms with Gasteiger partial charge in [0.2, 0.25) is 5.95 Å². The first-order chi connectivity index (χ1) is 12.7. The smallest absolute Gasteiger partial charge is 0.324 e. The summed E-state index contributed by atoms with van der Waals surface area (Å²) in [5, 5.41) is 6.45. The Morgan fingerprint density at radius 1 is 0.923 bits per heavy atom. The molecule has 2 aromatic carbocycles. The van der Waals surface area contributed by atoms with Gasteiger partial charge in [0.15, 0.2) is 6.23 Å². The molecule has 8 nitrogen and oxygen atoms in total. The lowest BCUT2D eigenvalue weighted by Crippen LogP contribution is -2.10. The van der Waals surface area contributed by atoms with Crippen LogP contribution >= 0.6 is 0 Å². The summed E-state index contributed by atoms with van der Waals surface area (Å²) in [6, 6.07) is 16.0. The molecule has 4 rings (SSSR count). The Morgan fingerprint density at radius 2 is 1.62 bits per heavy atom. The molecule has 0 bridgehead atoms. The molecule has 0 saturated heterocycles. The minimum Gasteiger partial charge on any atom is -0.467 e. The van der Waals surface area contributed by atoms with Crippen LogP contribution in [0.1, 0.15) is 11.8 Å². The Kier molecular flexibility index (Phi) is 4.14. The Labute approximate surface area is 150 Å². The summed E-state index contributed by atoms with van der Waals surface area (Å²) < 4.78 is 16.0. The summed E-state index contributed by atoms with van der Waals surface area (Å²) in [6.07, 6.45) is -0.209. The monoisotopic (exact) mass is 351 g/mol. The molecule has 2 heterocycles. The van der Waals surface area contributed by atoms with E-state index in [0.717, 1.165) is 22.7 Å². The molecule has 0 amide bonds. The third kappa shape index (κ3) is 3.16. The molecule has 26 heavy (non-hydrogen) atoms. The number of fused-ring (bicyclic) bond motifs is 1. The summed E-state index contributed by atoms with van der Waals surface area (Å²) in [4.78, 5) is 12.3. The lowest BCUT2D eigenvalue weighted by atomic mass is 10.2. The van der Waals surface area contributed by atoms with Gasteiger partial charge in [-0.05, 0) is 24.3 Å². The standard InChI is InChI=1S/C18H17N5O3/c1-24-17-21-16(22-18(23-17)25-2)19-12-9-7-11(8-10-12)15-20-13-5-3-4-6-14(13)26-15/h3-10,15,20H,1-2H3,(H,19,21,22,23). The van der Waals surface area contributed by atoms with Crippen molar-refractivity contribution in [3.63, 3.8) is 0 Å². The van der Waals surface area contributed by atoms with Gasteiger partial charge in [-0.1, -0.05) is 24.3 Å². The highest BCUT2D eigenvalue weighted by Gasteiger charge is 2.22. The molecule has 0 spiro atoms. The van der Waals surface area contributed by atoms with E-state index in [1.807, 2.05) is 48.5 Å². The van der Waals surface area contributed by atoms with Crippen LogP contribution in [0.5, 0.6) is 17.8 Å². The highest BCUT2D eigenvalue weighted by molar-refractivity contribution is 5.61. The molecule has 0 fully saturated rings. The highest BCUT2D eigenvalue weighted by atomic mass is 16.5. The van der Waals surface area contributed by atoms with Gasteiger partial charge in [-0.2, -0.15) is 9.97 Å². The van der Waals surface area contributed by atoms with E-state index in [2.05, 4.69) is 25.6 Å². The number of aromatic nitrogens is 3. The molecule has 0 aliphatic carbocycles. The molecule has 8 heteroatoms. The zero-order valence-corrected chi connectivity index (χ0v) is 14.3. The number of anilines is 3. The number of nitrogens with zero attached hydrogens (tertiary/aromatic N) is 3. The molecular weight excluding hydrogens is 334 g/mol. The Hall–Kier alpha value is -3.55. The summed E-state index contributed by atoms with van der Waals surface area (Å²) in [5.74, 6) is 1.19. The van der Waals surface area contributed by atoms with Gasteiger partial charge in [-0.3, -0.25) is 0 Å². The number of hydrogen-bond donors (Lipinski definition) is 2. The minimum atomic E-state index is -0.209. The first-order valence-corrected chi connectivity index (χ1v) is 7.98. The molecule has 1 unspecified atom stereocenters. The number of benzene rings is 2. The van der Waals surface area contributed by atoms with Crippen LogP contribution < -0.4 is 24.8 Å². The highest BCUT2D eigenvalue weighted by Crippen LogP contribution is 2.37. The fourth-order valence-electron chi connectivity index (χ4n) is 2.58. The molecule has 3 aromatic rings. The number of para-hydroxylation sites is 2. The summed E-state index contributed by atoms with van der Waals surface area (Å²) in [7, 11) is 2.97. The third-order valence-corrected chi connectivity index (χ3v) is 3.85. The van der Waals surface area contributed by atoms with Gasteiger partial charge in [0.1, 0.15) is 5.75 Å². The zero-order valence-electron chi connectivity index (χ0n) is 14.3. The quantitative estimate of drug-likeness (QED) is 0.724. The van der Waals surface area contributed by atoms with Crippen LogP contribution in [0.25, 0.3) is 0 Å². The van der Waals surface area contributed by atoms with Gasteiger partial charge >= 0.3 is 12.0 Å². The van der Waals surface area contributed by atoms with E-state index in [0.29, 0.717) is 5.95 Å². The zero-order chi connectivity index (χ0) is 17.9. The average molecular weight is 351 g/mol. The second-order valence-electron chi connectivity index (χ2n) is 5.52. The maximum absolute atomic E-state index is 5.91. The van der Waals surface area contributed by atoms with Crippen LogP contribution in [-0.2, 0) is 0 Å². The van der Waals surface area contributed by atoms with Crippen LogP contribution in [-0.4, -0.2) is 29.2 Å². The molecule has 132 valence electrons. The maximum atomic E-state index is 5.91. The van der Waals surface area contributed by atoms with Crippen LogP contribution in [0.2, 0.25) is 0 Å². The Balaban J connectivity index is 1.49. The van der Waals surface area contributed by atoms with E-state index in [1.54, 1.807) is 0 Å². The molecule has 1 aromatic heterocycles. The summed E-state index contributed by atoms with van der Waals surface area (Å²) in [5.41, 5.74) is 2.82. The van der Waals surface area contributed by atoms with Gasteiger partial charge in [0.05, 0.1) is 19.9 Å². The third-order valence-electron chi connectivity index (χ3n) is 3.85. The summed E-state index contributed by atoms with van der Waals surface area (Å²) in [6.45, 7) is 0. The van der Waals surface area contributed by atoms with Gasteiger partial charge < -0.3 is 24.8 Å². The van der Waals surface area contributed by atoms with E-state index >= 15 is 0 Å². The maximum Gasteiger partial charge on any atom is 0.324 e. The molecular formula is C18H17N5O3. The largest absolute Gasteiger partial charge is 0.467 e. The lowest BCUT2D eigenvalue weighted by molar-refractivity contribution is 0.260. The van der Waals surface area contributed by atoms with Gasteiger partial charge in [0.25, 0.3) is 0 Å². The molecule has 1 atom stereocenters. The van der Waals surface area contributed by atoms with Crippen molar-refractivity contribution in [1.82, 2.24) is 15.0 Å². The molecule has 0 saturated carbocycles. The first kappa shape index (κ1) is 15.9. The number of nitrogens with one attached hydrogen (secondary N) is 2. The van der Waals surface area contributed by atoms with Crippen molar-refractivity contribution in [1.29, 1.82) is 0 Å². The fraction of sp³-hybridized carbons (Fsp3) is 0.167. The van der Waals surface area contributed by atoms with Gasteiger partial charge in [-0.25, -0.2) is 0 Å². The van der Waals surface area contributed by atoms with Gasteiger partial charge in [-0.15, -0.1) is 4.98 Å². The second kappa shape index (κ2) is 6.75. The van der Waals surface area contributed by atoms with Crippen molar-refractivity contribution in [3.8, 4) is 17.8 Å². The van der Waals surface area contributed by atoms with Crippen molar-refractivity contribution in [3.05, 3.63) is 54.1 Å². The van der Waals surface area contributed by atoms with E-state index in [9.17, 15) is 0 Å². The summed E-state index contributed by atoms with van der Waals surface area (Å²) >= 11 is 0. The number of ether oxygens (including phenoxy) is 3. The predicted octanol–water partition coefficient (Wildman–Crippen LogP) is 3.14. The normalized spacial score (nSPS) is 14.8. The van der Waals surface area contributed by atoms with Crippen molar-refractivity contribution < 1.29 is 14.2 Å². The SMILES string of the molecule is COc1nc(Nc2ccc(C3Nc4ccccc4O3)cc2)nc(OC)n1. The number of methoxy groups -OCH3 is 2. The topological polar surface area (TPSA) is 90.4 Å². The van der Waals surface area contributed by atoms with E-state index in [1.165, 1.54) is 14.2 Å². The molecule has 2 N–H and O–H groups in total. The van der Waals surface area contributed by atoms with E-state index < -0.39 is 0 Å². The first-order valence-electron chi connectivity index (χ1n) is 7.98. The number of rotatable bonds is 5. The van der Waals surface area contributed by atoms with Crippen LogP contribution in [0.3, 0.4) is 0 Å². The van der Waals surface area contributed by atoms with Crippen molar-refractivity contribution in [2.24, 2.45) is 0 Å². The van der Waals surface area contributed by atoms with Crippen LogP contribution in [0, 0.1) is 0 Å². The fourth-order valence-corrected chi connectivity index (χ4v) is 2.58. The van der Waals surface area contributed by atoms with Gasteiger partial charge in [0, 0.05) is 11.3 Å². The lowest BCUT2D eigenvalue weighted by Gasteiger charge is -2.13. The second-order valence-corrected chi connectivity index (χ2v) is 5.52. The average Bonchev–Trinajstić information content (AvgIpc) is 3.12. The Bertz CT molecular complexity index is 870. The predicted molar refractivity (Wildman–Crippen MR) is 96.1 cm³/mol. The van der Waals surface area contributed by atoms with Crippen LogP contribution in [0.4, 0.5) is 17.3 Å². The van der Waals surface area contributed by atoms with Crippen molar-refractivity contribution in [2.75, 3.05) is 24.9 Å². The van der Waals surface area contributed by atoms with E-state index in [4.69, 9.17) is 14.2 Å². The molecule has 0 radical (unpaired) electrons.